The lowest BCUT2D eigenvalue weighted by Crippen LogP contribution is -2.30. The molecule has 0 radical (unpaired) electrons. The summed E-state index contributed by atoms with van der Waals surface area (Å²) < 4.78 is 18.8. The summed E-state index contributed by atoms with van der Waals surface area (Å²) >= 11 is 5.64. The van der Waals surface area contributed by atoms with Crippen molar-refractivity contribution in [3.05, 3.63) is 62.9 Å². The van der Waals surface area contributed by atoms with Gasteiger partial charge in [0.15, 0.2) is 6.10 Å². The lowest BCUT2D eigenvalue weighted by atomic mass is 10.1. The number of hydrogen-bond donors (Lipinski definition) is 2. The molecule has 0 fully saturated rings. The van der Waals surface area contributed by atoms with Crippen molar-refractivity contribution >= 4 is 40.5 Å². The number of nitrogens with one attached hydrogen (secondary N) is 2. The number of carbonyl (C=O) groups is 2. The van der Waals surface area contributed by atoms with Crippen LogP contribution < -0.4 is 10.6 Å². The molecule has 1 amide bonds. The highest BCUT2D eigenvalue weighted by molar-refractivity contribution is 6.30. The molecule has 0 bridgehead atoms. The van der Waals surface area contributed by atoms with Crippen molar-refractivity contribution in [2.24, 2.45) is 0 Å². The number of rotatable bonds is 6. The fourth-order valence-electron chi connectivity index (χ4n) is 2.14. The van der Waals surface area contributed by atoms with Crippen molar-refractivity contribution in [3.8, 4) is 0 Å². The molecule has 0 saturated carbocycles. The van der Waals surface area contributed by atoms with Gasteiger partial charge >= 0.3 is 5.97 Å². The fourth-order valence-corrected chi connectivity index (χ4v) is 2.29. The van der Waals surface area contributed by atoms with Crippen LogP contribution in [0.4, 0.5) is 21.5 Å². The molecule has 0 unspecified atom stereocenters. The quantitative estimate of drug-likeness (QED) is 0.439. The summed E-state index contributed by atoms with van der Waals surface area (Å²) in [4.78, 5) is 34.7. The molecule has 1 atom stereocenters. The van der Waals surface area contributed by atoms with Crippen molar-refractivity contribution in [2.45, 2.75) is 13.0 Å². The van der Waals surface area contributed by atoms with Gasteiger partial charge in [0.25, 0.3) is 11.6 Å². The Morgan fingerprint density at radius 1 is 1.22 bits per heavy atom. The zero-order chi connectivity index (χ0) is 20.1. The molecule has 0 aliphatic carbocycles. The van der Waals surface area contributed by atoms with Gasteiger partial charge in [0.05, 0.1) is 16.2 Å². The van der Waals surface area contributed by atoms with Gasteiger partial charge in [-0.1, -0.05) is 11.6 Å². The van der Waals surface area contributed by atoms with E-state index in [1.54, 1.807) is 0 Å². The fraction of sp³-hybridized carbons (Fsp3) is 0.176. The van der Waals surface area contributed by atoms with Crippen LogP contribution in [0.5, 0.6) is 0 Å². The molecule has 2 N–H and O–H groups in total. The van der Waals surface area contributed by atoms with Gasteiger partial charge in [0.2, 0.25) is 0 Å². The summed E-state index contributed by atoms with van der Waals surface area (Å²) in [5.74, 6) is -2.46. The Balaban J connectivity index is 2.13. The number of benzene rings is 2. The number of ether oxygens (including phenoxy) is 1. The molecule has 0 aromatic heterocycles. The summed E-state index contributed by atoms with van der Waals surface area (Å²) in [6.45, 7) is 1.29. The number of hydrogen-bond acceptors (Lipinski definition) is 6. The monoisotopic (exact) mass is 395 g/mol. The van der Waals surface area contributed by atoms with Crippen LogP contribution >= 0.6 is 11.6 Å². The van der Waals surface area contributed by atoms with Crippen LogP contribution in [-0.2, 0) is 9.53 Å². The highest BCUT2D eigenvalue weighted by atomic mass is 35.5. The molecule has 10 heteroatoms. The first-order valence-corrected chi connectivity index (χ1v) is 8.03. The Hall–Kier alpha value is -3.20. The van der Waals surface area contributed by atoms with Gasteiger partial charge in [-0.15, -0.1) is 0 Å². The minimum atomic E-state index is -1.28. The summed E-state index contributed by atoms with van der Waals surface area (Å²) in [6.07, 6.45) is -1.28. The number of non-ortho nitro benzene ring substituents is 1. The van der Waals surface area contributed by atoms with Crippen LogP contribution in [0.3, 0.4) is 0 Å². The normalized spacial score (nSPS) is 11.4. The molecule has 2 aromatic carbocycles. The van der Waals surface area contributed by atoms with Gasteiger partial charge in [0, 0.05) is 29.9 Å². The van der Waals surface area contributed by atoms with Gasteiger partial charge in [-0.3, -0.25) is 14.9 Å². The molecule has 0 heterocycles. The first kappa shape index (κ1) is 20.1. The van der Waals surface area contributed by atoms with Crippen molar-refractivity contribution in [1.82, 2.24) is 0 Å². The Labute approximate surface area is 158 Å². The average molecular weight is 396 g/mol. The van der Waals surface area contributed by atoms with Crippen molar-refractivity contribution in [1.29, 1.82) is 0 Å². The predicted molar refractivity (Wildman–Crippen MR) is 97.6 cm³/mol. The highest BCUT2D eigenvalue weighted by Crippen LogP contribution is 2.23. The Morgan fingerprint density at radius 3 is 2.48 bits per heavy atom. The van der Waals surface area contributed by atoms with Crippen molar-refractivity contribution < 1.29 is 23.6 Å². The Kier molecular flexibility index (Phi) is 6.30. The van der Waals surface area contributed by atoms with E-state index in [9.17, 15) is 24.1 Å². The standard InChI is InChI=1S/C17H15ClFN3O5/c1-9(16(23)21-15-5-3-10(18)7-13(15)19)27-17(24)12-8-11(22(25)26)4-6-14(12)20-2/h3-9,20H,1-2H3,(H,21,23)/t9-/m0/s1. The second-order valence-electron chi connectivity index (χ2n) is 5.40. The van der Waals surface area contributed by atoms with Crippen LogP contribution in [0.1, 0.15) is 17.3 Å². The second-order valence-corrected chi connectivity index (χ2v) is 5.83. The van der Waals surface area contributed by atoms with E-state index in [1.807, 2.05) is 0 Å². The first-order valence-electron chi connectivity index (χ1n) is 7.66. The minimum Gasteiger partial charge on any atom is -0.449 e. The molecule has 0 spiro atoms. The molecule has 2 aromatic rings. The number of nitro benzene ring substituents is 1. The van der Waals surface area contributed by atoms with Gasteiger partial charge in [-0.2, -0.15) is 0 Å². The molecule has 142 valence electrons. The molecule has 8 nitrogen and oxygen atoms in total. The van der Waals surface area contributed by atoms with E-state index < -0.39 is 28.7 Å². The number of halogens is 2. The maximum Gasteiger partial charge on any atom is 0.341 e. The maximum atomic E-state index is 13.7. The topological polar surface area (TPSA) is 111 Å². The third-order valence-corrected chi connectivity index (χ3v) is 3.78. The SMILES string of the molecule is CNc1ccc([N+](=O)[O-])cc1C(=O)O[C@@H](C)C(=O)Nc1ccc(Cl)cc1F. The number of nitrogens with zero attached hydrogens (tertiary/aromatic N) is 1. The van der Waals surface area contributed by atoms with Crippen molar-refractivity contribution in [2.75, 3.05) is 17.7 Å². The lowest BCUT2D eigenvalue weighted by molar-refractivity contribution is -0.384. The predicted octanol–water partition coefficient (Wildman–Crippen LogP) is 3.61. The lowest BCUT2D eigenvalue weighted by Gasteiger charge is -2.15. The van der Waals surface area contributed by atoms with Gasteiger partial charge in [0.1, 0.15) is 5.82 Å². The smallest absolute Gasteiger partial charge is 0.341 e. The third kappa shape index (κ3) is 4.91. The Bertz CT molecular complexity index is 906. The van der Waals surface area contributed by atoms with E-state index in [0.29, 0.717) is 5.69 Å². The van der Waals surface area contributed by atoms with E-state index in [2.05, 4.69) is 10.6 Å². The van der Waals surface area contributed by atoms with Crippen LogP contribution in [0.25, 0.3) is 0 Å². The number of carbonyl (C=O) groups excluding carboxylic acids is 2. The highest BCUT2D eigenvalue weighted by Gasteiger charge is 2.23. The number of esters is 1. The summed E-state index contributed by atoms with van der Waals surface area (Å²) in [5, 5.41) is 16.0. The molecule has 0 aliphatic rings. The molecule has 27 heavy (non-hydrogen) atoms. The number of amides is 1. The largest absolute Gasteiger partial charge is 0.449 e. The summed E-state index contributed by atoms with van der Waals surface area (Å²) in [5.41, 5.74) is -0.245. The van der Waals surface area contributed by atoms with E-state index in [0.717, 1.165) is 12.1 Å². The molecule has 0 aliphatic heterocycles. The van der Waals surface area contributed by atoms with Crippen LogP contribution in [0.2, 0.25) is 5.02 Å². The van der Waals surface area contributed by atoms with Crippen LogP contribution in [0.15, 0.2) is 36.4 Å². The van der Waals surface area contributed by atoms with Crippen LogP contribution in [-0.4, -0.2) is 30.0 Å². The van der Waals surface area contributed by atoms with E-state index in [4.69, 9.17) is 16.3 Å². The minimum absolute atomic E-state index is 0.107. The zero-order valence-electron chi connectivity index (χ0n) is 14.3. The molecule has 0 saturated heterocycles. The van der Waals surface area contributed by atoms with Gasteiger partial charge in [-0.25, -0.2) is 9.18 Å². The zero-order valence-corrected chi connectivity index (χ0v) is 15.0. The van der Waals surface area contributed by atoms with E-state index in [-0.39, 0.29) is 22.0 Å². The second kappa shape index (κ2) is 8.45. The number of anilines is 2. The number of nitro groups is 1. The maximum absolute atomic E-state index is 13.7. The molecular weight excluding hydrogens is 381 g/mol. The summed E-state index contributed by atoms with van der Waals surface area (Å²) in [7, 11) is 1.53. The Morgan fingerprint density at radius 2 is 1.89 bits per heavy atom. The third-order valence-electron chi connectivity index (χ3n) is 3.55. The summed E-state index contributed by atoms with van der Waals surface area (Å²) in [6, 6.07) is 7.29. The van der Waals surface area contributed by atoms with E-state index >= 15 is 0 Å². The first-order chi connectivity index (χ1) is 12.7. The van der Waals surface area contributed by atoms with Gasteiger partial charge in [-0.05, 0) is 31.2 Å². The van der Waals surface area contributed by atoms with Gasteiger partial charge < -0.3 is 15.4 Å². The van der Waals surface area contributed by atoms with Crippen molar-refractivity contribution in [3.63, 3.8) is 0 Å². The van der Waals surface area contributed by atoms with E-state index in [1.165, 1.54) is 38.2 Å². The average Bonchev–Trinajstić information content (AvgIpc) is 2.63. The van der Waals surface area contributed by atoms with Crippen LogP contribution in [0, 0.1) is 15.9 Å². The molecule has 2 rings (SSSR count). The molecular formula is C17H15ClFN3O5.